The maximum absolute atomic E-state index is 11.4. The molecule has 0 heterocycles. The van der Waals surface area contributed by atoms with Crippen LogP contribution in [0.2, 0.25) is 0 Å². The fourth-order valence-corrected chi connectivity index (χ4v) is 1.58. The van der Waals surface area contributed by atoms with Crippen LogP contribution in [-0.2, 0) is 14.3 Å². The van der Waals surface area contributed by atoms with Crippen LogP contribution in [0.25, 0.3) is 0 Å². The van der Waals surface area contributed by atoms with Crippen molar-refractivity contribution in [1.82, 2.24) is 0 Å². The second-order valence-corrected chi connectivity index (χ2v) is 4.79. The van der Waals surface area contributed by atoms with Crippen molar-refractivity contribution in [2.75, 3.05) is 7.11 Å². The molecule has 0 aliphatic carbocycles. The molecular formula is C15H24O3. The normalized spacial score (nSPS) is 12.8. The van der Waals surface area contributed by atoms with Crippen molar-refractivity contribution in [3.05, 3.63) is 23.3 Å². The van der Waals surface area contributed by atoms with E-state index < -0.39 is 11.9 Å². The van der Waals surface area contributed by atoms with E-state index >= 15 is 0 Å². The van der Waals surface area contributed by atoms with Crippen LogP contribution in [0, 0.1) is 5.92 Å². The quantitative estimate of drug-likeness (QED) is 0.396. The van der Waals surface area contributed by atoms with Gasteiger partial charge in [-0.25, -0.2) is 0 Å². The fraction of sp³-hybridized carbons (Fsp3) is 0.600. The first kappa shape index (κ1) is 16.6. The third kappa shape index (κ3) is 7.05. The van der Waals surface area contributed by atoms with Crippen LogP contribution < -0.4 is 0 Å². The van der Waals surface area contributed by atoms with E-state index in [1.807, 2.05) is 13.0 Å². The van der Waals surface area contributed by atoms with Gasteiger partial charge in [0.05, 0.1) is 7.11 Å². The van der Waals surface area contributed by atoms with E-state index in [4.69, 9.17) is 0 Å². The van der Waals surface area contributed by atoms with Crippen molar-refractivity contribution in [3.8, 4) is 0 Å². The maximum Gasteiger partial charge on any atom is 0.316 e. The first-order valence-electron chi connectivity index (χ1n) is 6.25. The molecule has 0 fully saturated rings. The van der Waals surface area contributed by atoms with Gasteiger partial charge in [0.2, 0.25) is 0 Å². The number of methoxy groups -OCH3 is 1. The minimum absolute atomic E-state index is 0.143. The molecule has 0 bridgehead atoms. The number of hydrogen-bond acceptors (Lipinski definition) is 3. The van der Waals surface area contributed by atoms with Crippen molar-refractivity contribution in [2.45, 2.75) is 47.0 Å². The maximum atomic E-state index is 11.4. The number of esters is 1. The largest absolute Gasteiger partial charge is 0.468 e. The molecule has 0 spiro atoms. The molecule has 18 heavy (non-hydrogen) atoms. The van der Waals surface area contributed by atoms with E-state index in [9.17, 15) is 9.59 Å². The Balaban J connectivity index is 4.36. The first-order chi connectivity index (χ1) is 8.38. The number of Topliss-reactive ketones (excluding diaryl/α,β-unsaturated/α-hetero) is 1. The Kier molecular flexibility index (Phi) is 8.01. The lowest BCUT2D eigenvalue weighted by atomic mass is 9.99. The average Bonchev–Trinajstić information content (AvgIpc) is 2.27. The minimum Gasteiger partial charge on any atom is -0.468 e. The summed E-state index contributed by atoms with van der Waals surface area (Å²) in [6, 6.07) is 0. The van der Waals surface area contributed by atoms with Gasteiger partial charge in [-0.1, -0.05) is 23.3 Å². The van der Waals surface area contributed by atoms with Gasteiger partial charge in [-0.2, -0.15) is 0 Å². The van der Waals surface area contributed by atoms with E-state index in [0.717, 1.165) is 12.8 Å². The lowest BCUT2D eigenvalue weighted by Gasteiger charge is -2.09. The molecule has 3 heteroatoms. The van der Waals surface area contributed by atoms with Crippen LogP contribution in [0.15, 0.2) is 23.3 Å². The topological polar surface area (TPSA) is 43.4 Å². The van der Waals surface area contributed by atoms with Crippen LogP contribution in [0.4, 0.5) is 0 Å². The molecule has 0 saturated carbocycles. The number of carbonyl (C=O) groups is 2. The molecule has 1 unspecified atom stereocenters. The van der Waals surface area contributed by atoms with Gasteiger partial charge in [-0.05, 0) is 47.0 Å². The molecule has 0 aromatic rings. The van der Waals surface area contributed by atoms with E-state index in [2.05, 4.69) is 24.7 Å². The molecule has 0 rings (SSSR count). The van der Waals surface area contributed by atoms with E-state index in [1.54, 1.807) is 0 Å². The van der Waals surface area contributed by atoms with Gasteiger partial charge in [0.1, 0.15) is 11.7 Å². The smallest absolute Gasteiger partial charge is 0.316 e. The summed E-state index contributed by atoms with van der Waals surface area (Å²) < 4.78 is 4.62. The Hall–Kier alpha value is -1.38. The van der Waals surface area contributed by atoms with Gasteiger partial charge in [0, 0.05) is 0 Å². The zero-order valence-corrected chi connectivity index (χ0v) is 12.1. The van der Waals surface area contributed by atoms with Crippen molar-refractivity contribution >= 4 is 11.8 Å². The Morgan fingerprint density at radius 1 is 1.11 bits per heavy atom. The Morgan fingerprint density at radius 2 is 1.72 bits per heavy atom. The van der Waals surface area contributed by atoms with Crippen LogP contribution in [0.1, 0.15) is 47.0 Å². The van der Waals surface area contributed by atoms with Gasteiger partial charge >= 0.3 is 5.97 Å². The summed E-state index contributed by atoms with van der Waals surface area (Å²) in [7, 11) is 1.31. The Labute approximate surface area is 110 Å². The van der Waals surface area contributed by atoms with Crippen molar-refractivity contribution < 1.29 is 14.3 Å². The average molecular weight is 252 g/mol. The zero-order chi connectivity index (χ0) is 14.1. The minimum atomic E-state index is -0.659. The van der Waals surface area contributed by atoms with Crippen molar-refractivity contribution in [1.29, 1.82) is 0 Å². The molecule has 0 amide bonds. The summed E-state index contributed by atoms with van der Waals surface area (Å²) in [4.78, 5) is 22.7. The third-order valence-corrected chi connectivity index (χ3v) is 2.77. The summed E-state index contributed by atoms with van der Waals surface area (Å²) >= 11 is 0. The number of hydrogen-bond donors (Lipinski definition) is 0. The summed E-state index contributed by atoms with van der Waals surface area (Å²) in [6.45, 7) is 7.59. The summed E-state index contributed by atoms with van der Waals surface area (Å²) in [6.07, 6.45) is 6.52. The number of ketones is 1. The molecule has 102 valence electrons. The standard InChI is InChI=1S/C15H24O3/c1-11(2)7-6-8-12(3)9-10-14(13(4)16)15(17)18-5/h7,9,14H,6,8,10H2,1-5H3/b12-9+. The Morgan fingerprint density at radius 3 is 2.17 bits per heavy atom. The highest BCUT2D eigenvalue weighted by atomic mass is 16.5. The second kappa shape index (κ2) is 8.67. The van der Waals surface area contributed by atoms with E-state index in [0.29, 0.717) is 6.42 Å². The van der Waals surface area contributed by atoms with Crippen LogP contribution in [-0.4, -0.2) is 18.9 Å². The van der Waals surface area contributed by atoms with Crippen molar-refractivity contribution in [3.63, 3.8) is 0 Å². The number of carbonyl (C=O) groups excluding carboxylic acids is 2. The number of rotatable bonds is 7. The lowest BCUT2D eigenvalue weighted by Crippen LogP contribution is -2.22. The number of ether oxygens (including phenoxy) is 1. The predicted molar refractivity (Wildman–Crippen MR) is 73.2 cm³/mol. The number of allylic oxidation sites excluding steroid dienone is 4. The zero-order valence-electron chi connectivity index (χ0n) is 12.1. The van der Waals surface area contributed by atoms with Gasteiger partial charge in [0.25, 0.3) is 0 Å². The Bertz CT molecular complexity index is 347. The molecule has 0 saturated heterocycles. The van der Waals surface area contributed by atoms with Crippen LogP contribution in [0.3, 0.4) is 0 Å². The van der Waals surface area contributed by atoms with Crippen LogP contribution >= 0.6 is 0 Å². The summed E-state index contributed by atoms with van der Waals surface area (Å²) in [5.41, 5.74) is 2.50. The summed E-state index contributed by atoms with van der Waals surface area (Å²) in [5, 5.41) is 0. The van der Waals surface area contributed by atoms with E-state index in [1.165, 1.54) is 25.2 Å². The highest BCUT2D eigenvalue weighted by molar-refractivity contribution is 5.97. The molecule has 0 N–H and O–H groups in total. The monoisotopic (exact) mass is 252 g/mol. The molecule has 0 aliphatic rings. The van der Waals surface area contributed by atoms with Crippen LogP contribution in [0.5, 0.6) is 0 Å². The first-order valence-corrected chi connectivity index (χ1v) is 6.25. The SMILES string of the molecule is COC(=O)C(C/C=C(\C)CCC=C(C)C)C(C)=O. The third-order valence-electron chi connectivity index (χ3n) is 2.77. The second-order valence-electron chi connectivity index (χ2n) is 4.79. The molecule has 0 radical (unpaired) electrons. The predicted octanol–water partition coefficient (Wildman–Crippen LogP) is 3.45. The lowest BCUT2D eigenvalue weighted by molar-refractivity contribution is -0.148. The summed E-state index contributed by atoms with van der Waals surface area (Å²) in [5.74, 6) is -1.25. The molecular weight excluding hydrogens is 228 g/mol. The van der Waals surface area contributed by atoms with Crippen molar-refractivity contribution in [2.24, 2.45) is 5.92 Å². The fourth-order valence-electron chi connectivity index (χ4n) is 1.58. The van der Waals surface area contributed by atoms with Gasteiger partial charge < -0.3 is 4.74 Å². The van der Waals surface area contributed by atoms with Gasteiger partial charge in [-0.3, -0.25) is 9.59 Å². The van der Waals surface area contributed by atoms with Gasteiger partial charge in [0.15, 0.2) is 0 Å². The molecule has 1 atom stereocenters. The molecule has 3 nitrogen and oxygen atoms in total. The molecule has 0 aromatic heterocycles. The highest BCUT2D eigenvalue weighted by Crippen LogP contribution is 2.13. The highest BCUT2D eigenvalue weighted by Gasteiger charge is 2.22. The molecule has 0 aromatic carbocycles. The van der Waals surface area contributed by atoms with Gasteiger partial charge in [-0.15, -0.1) is 0 Å². The molecule has 0 aliphatic heterocycles. The van der Waals surface area contributed by atoms with E-state index in [-0.39, 0.29) is 5.78 Å².